The van der Waals surface area contributed by atoms with Gasteiger partial charge in [0.2, 0.25) is 0 Å². The van der Waals surface area contributed by atoms with E-state index in [0.29, 0.717) is 12.1 Å². The summed E-state index contributed by atoms with van der Waals surface area (Å²) in [6, 6.07) is 18.7. The highest BCUT2D eigenvalue weighted by Gasteiger charge is 2.14. The Morgan fingerprint density at radius 1 is 0.952 bits per heavy atom. The van der Waals surface area contributed by atoms with Gasteiger partial charge in [0.05, 0.1) is 0 Å². The smallest absolute Gasteiger partial charge is 0.0294 e. The van der Waals surface area contributed by atoms with E-state index in [1.165, 1.54) is 30.4 Å². The highest BCUT2D eigenvalue weighted by molar-refractivity contribution is 5.36. The normalized spacial score (nSPS) is 16.5. The van der Waals surface area contributed by atoms with Crippen molar-refractivity contribution >= 4 is 0 Å². The molecule has 1 nitrogen and oxygen atoms in total. The minimum Gasteiger partial charge on any atom is -0.307 e. The van der Waals surface area contributed by atoms with Gasteiger partial charge in [0, 0.05) is 12.1 Å². The third-order valence-electron chi connectivity index (χ3n) is 4.54. The largest absolute Gasteiger partial charge is 0.307 e. The van der Waals surface area contributed by atoms with Gasteiger partial charge in [-0.25, -0.2) is 0 Å². The maximum Gasteiger partial charge on any atom is 0.0294 e. The first-order valence-electron chi connectivity index (χ1n) is 8.14. The Morgan fingerprint density at radius 2 is 1.71 bits per heavy atom. The second kappa shape index (κ2) is 6.44. The van der Waals surface area contributed by atoms with E-state index in [-0.39, 0.29) is 0 Å². The van der Waals surface area contributed by atoms with Crippen molar-refractivity contribution in [3.63, 3.8) is 0 Å². The highest BCUT2D eigenvalue weighted by Crippen LogP contribution is 2.25. The highest BCUT2D eigenvalue weighted by atomic mass is 14.9. The zero-order valence-electron chi connectivity index (χ0n) is 13.1. The minimum absolute atomic E-state index is 0.412. The molecule has 0 fully saturated rings. The van der Waals surface area contributed by atoms with E-state index in [0.717, 1.165) is 6.42 Å². The van der Waals surface area contributed by atoms with Crippen LogP contribution in [0.5, 0.6) is 0 Å². The van der Waals surface area contributed by atoms with Gasteiger partial charge in [-0.2, -0.15) is 0 Å². The maximum atomic E-state index is 3.74. The predicted octanol–water partition coefficient (Wildman–Crippen LogP) is 4.46. The number of hydrogen-bond donors (Lipinski definition) is 1. The van der Waals surface area contributed by atoms with Crippen LogP contribution in [-0.4, -0.2) is 6.04 Å². The van der Waals surface area contributed by atoms with Gasteiger partial charge in [0.1, 0.15) is 0 Å². The zero-order chi connectivity index (χ0) is 14.7. The van der Waals surface area contributed by atoms with Gasteiger partial charge in [-0.05, 0) is 61.8 Å². The molecule has 2 aromatic rings. The monoisotopic (exact) mass is 279 g/mol. The number of benzene rings is 2. The molecule has 1 aliphatic rings. The average Bonchev–Trinajstić information content (AvgIpc) is 2.95. The summed E-state index contributed by atoms with van der Waals surface area (Å²) in [5.41, 5.74) is 5.95. The van der Waals surface area contributed by atoms with Gasteiger partial charge in [-0.1, -0.05) is 48.5 Å². The van der Waals surface area contributed by atoms with Gasteiger partial charge in [-0.3, -0.25) is 0 Å². The summed E-state index contributed by atoms with van der Waals surface area (Å²) in [7, 11) is 0. The molecular weight excluding hydrogens is 254 g/mol. The summed E-state index contributed by atoms with van der Waals surface area (Å²) in [4.78, 5) is 0. The fraction of sp³-hybridized carbons (Fsp3) is 0.400. The van der Waals surface area contributed by atoms with Crippen LogP contribution < -0.4 is 5.32 Å². The van der Waals surface area contributed by atoms with Gasteiger partial charge in [-0.15, -0.1) is 0 Å². The van der Waals surface area contributed by atoms with Crippen LogP contribution in [0, 0.1) is 0 Å². The Labute approximate surface area is 128 Å². The van der Waals surface area contributed by atoms with Crippen molar-refractivity contribution in [2.75, 3.05) is 0 Å². The van der Waals surface area contributed by atoms with Crippen LogP contribution in [0.1, 0.15) is 48.6 Å². The van der Waals surface area contributed by atoms with Crippen molar-refractivity contribution in [1.29, 1.82) is 0 Å². The third kappa shape index (κ3) is 3.54. The van der Waals surface area contributed by atoms with Gasteiger partial charge in [0.15, 0.2) is 0 Å². The van der Waals surface area contributed by atoms with E-state index in [9.17, 15) is 0 Å². The lowest BCUT2D eigenvalue weighted by Gasteiger charge is -2.21. The molecule has 0 radical (unpaired) electrons. The van der Waals surface area contributed by atoms with Crippen molar-refractivity contribution in [2.24, 2.45) is 0 Å². The Balaban J connectivity index is 1.62. The lowest BCUT2D eigenvalue weighted by Crippen LogP contribution is -2.30. The molecular formula is C20H25N. The van der Waals surface area contributed by atoms with E-state index < -0.39 is 0 Å². The Kier molecular flexibility index (Phi) is 4.40. The van der Waals surface area contributed by atoms with Crippen LogP contribution in [0.15, 0.2) is 48.5 Å². The van der Waals surface area contributed by atoms with Crippen LogP contribution >= 0.6 is 0 Å². The molecule has 1 N–H and O–H groups in total. The van der Waals surface area contributed by atoms with Crippen molar-refractivity contribution < 1.29 is 0 Å². The van der Waals surface area contributed by atoms with E-state index >= 15 is 0 Å². The molecule has 0 heterocycles. The molecule has 3 rings (SSSR count). The maximum absolute atomic E-state index is 3.74. The van der Waals surface area contributed by atoms with E-state index in [4.69, 9.17) is 0 Å². The molecule has 0 aromatic heterocycles. The second-order valence-corrected chi connectivity index (χ2v) is 6.36. The Hall–Kier alpha value is -1.60. The van der Waals surface area contributed by atoms with Crippen LogP contribution in [0.2, 0.25) is 0 Å². The molecule has 110 valence electrons. The fourth-order valence-electron chi connectivity index (χ4n) is 3.41. The fourth-order valence-corrected chi connectivity index (χ4v) is 3.41. The first-order chi connectivity index (χ1) is 10.2. The van der Waals surface area contributed by atoms with Gasteiger partial charge < -0.3 is 5.32 Å². The quantitative estimate of drug-likeness (QED) is 0.852. The van der Waals surface area contributed by atoms with Crippen molar-refractivity contribution in [1.82, 2.24) is 5.32 Å². The number of hydrogen-bond acceptors (Lipinski definition) is 1. The van der Waals surface area contributed by atoms with Crippen LogP contribution in [0.25, 0.3) is 0 Å². The van der Waals surface area contributed by atoms with Crippen molar-refractivity contribution in [3.05, 3.63) is 70.8 Å². The molecule has 21 heavy (non-hydrogen) atoms. The summed E-state index contributed by atoms with van der Waals surface area (Å²) < 4.78 is 0. The number of fused-ring (bicyclic) bond motifs is 1. The first-order valence-corrected chi connectivity index (χ1v) is 8.14. The first kappa shape index (κ1) is 14.3. The van der Waals surface area contributed by atoms with E-state index in [1.807, 2.05) is 0 Å². The average molecular weight is 279 g/mol. The number of aryl methyl sites for hydroxylation is 2. The van der Waals surface area contributed by atoms with E-state index in [1.54, 1.807) is 11.1 Å². The SMILES string of the molecule is CC(Cc1ccccc1)NC(C)c1ccc2c(c1)CCC2. The summed E-state index contributed by atoms with van der Waals surface area (Å²) >= 11 is 0. The molecule has 1 aliphatic carbocycles. The third-order valence-corrected chi connectivity index (χ3v) is 4.54. The molecule has 0 aliphatic heterocycles. The molecule has 2 atom stereocenters. The number of nitrogens with one attached hydrogen (secondary N) is 1. The van der Waals surface area contributed by atoms with Crippen LogP contribution in [-0.2, 0) is 19.3 Å². The zero-order valence-corrected chi connectivity index (χ0v) is 13.1. The minimum atomic E-state index is 0.412. The van der Waals surface area contributed by atoms with Gasteiger partial charge >= 0.3 is 0 Å². The molecule has 0 saturated heterocycles. The molecule has 2 aromatic carbocycles. The number of rotatable bonds is 5. The standard InChI is InChI=1S/C20H25N/c1-15(13-17-7-4-3-5-8-17)21-16(2)19-12-11-18-9-6-10-20(18)14-19/h3-5,7-8,11-12,14-16,21H,6,9-10,13H2,1-2H3. The molecule has 2 unspecified atom stereocenters. The lowest BCUT2D eigenvalue weighted by molar-refractivity contribution is 0.477. The Bertz CT molecular complexity index is 588. The topological polar surface area (TPSA) is 12.0 Å². The summed E-state index contributed by atoms with van der Waals surface area (Å²) in [6.07, 6.45) is 4.93. The van der Waals surface area contributed by atoms with Crippen LogP contribution in [0.3, 0.4) is 0 Å². The van der Waals surface area contributed by atoms with Crippen LogP contribution in [0.4, 0.5) is 0 Å². The second-order valence-electron chi connectivity index (χ2n) is 6.36. The van der Waals surface area contributed by atoms with Crippen molar-refractivity contribution in [2.45, 2.75) is 51.6 Å². The van der Waals surface area contributed by atoms with E-state index in [2.05, 4.69) is 67.7 Å². The molecule has 1 heteroatoms. The van der Waals surface area contributed by atoms with Gasteiger partial charge in [0.25, 0.3) is 0 Å². The molecule has 0 bridgehead atoms. The summed E-state index contributed by atoms with van der Waals surface area (Å²) in [5.74, 6) is 0. The molecule has 0 spiro atoms. The van der Waals surface area contributed by atoms with Crippen molar-refractivity contribution in [3.8, 4) is 0 Å². The molecule has 0 saturated carbocycles. The Morgan fingerprint density at radius 3 is 2.52 bits per heavy atom. The lowest BCUT2D eigenvalue weighted by atomic mass is 10.0. The molecule has 0 amide bonds. The predicted molar refractivity (Wildman–Crippen MR) is 89.6 cm³/mol. The summed E-state index contributed by atoms with van der Waals surface area (Å²) in [5, 5.41) is 3.74. The summed E-state index contributed by atoms with van der Waals surface area (Å²) in [6.45, 7) is 4.55.